The van der Waals surface area contributed by atoms with Crippen LogP contribution in [-0.2, 0) is 17.1 Å². The topological polar surface area (TPSA) is 88.5 Å². The number of fused-ring (bicyclic) bond motifs is 1. The zero-order valence-electron chi connectivity index (χ0n) is 16.0. The first-order chi connectivity index (χ1) is 13.9. The van der Waals surface area contributed by atoms with Gasteiger partial charge >= 0.3 is 0 Å². The van der Waals surface area contributed by atoms with Gasteiger partial charge in [-0.3, -0.25) is 13.9 Å². The van der Waals surface area contributed by atoms with E-state index in [1.54, 1.807) is 55.6 Å². The highest BCUT2D eigenvalue weighted by molar-refractivity contribution is 7.92. The van der Waals surface area contributed by atoms with Crippen LogP contribution < -0.4 is 15.2 Å². The number of carbonyl (C=O) groups excluding carboxylic acids is 1. The highest BCUT2D eigenvalue weighted by atomic mass is 32.2. The van der Waals surface area contributed by atoms with Crippen LogP contribution in [-0.4, -0.2) is 31.2 Å². The van der Waals surface area contributed by atoms with E-state index < -0.39 is 10.0 Å². The van der Waals surface area contributed by atoms with Crippen LogP contribution in [0.25, 0.3) is 10.8 Å². The zero-order valence-corrected chi connectivity index (χ0v) is 16.8. The molecule has 7 nitrogen and oxygen atoms in total. The normalized spacial score (nSPS) is 16.0. The van der Waals surface area contributed by atoms with Gasteiger partial charge in [0.1, 0.15) is 0 Å². The number of amides is 1. The van der Waals surface area contributed by atoms with Crippen LogP contribution in [0.4, 0.5) is 11.4 Å². The van der Waals surface area contributed by atoms with Crippen molar-refractivity contribution in [1.82, 2.24) is 4.57 Å². The first-order valence-corrected chi connectivity index (χ1v) is 11.0. The number of hydrogen-bond acceptors (Lipinski definition) is 4. The van der Waals surface area contributed by atoms with Crippen molar-refractivity contribution < 1.29 is 13.2 Å². The van der Waals surface area contributed by atoms with Crippen molar-refractivity contribution in [3.63, 3.8) is 0 Å². The van der Waals surface area contributed by atoms with Crippen LogP contribution >= 0.6 is 0 Å². The average Bonchev–Trinajstić information content (AvgIpc) is 2.70. The number of nitrogens with one attached hydrogen (secondary N) is 1. The standard InChI is InChI=1S/C21H21N3O4S/c1-23-14-19(17-9-2-3-10-18(17)21(23)26)20(25)22-15-7-6-8-16(13-15)24-11-4-5-12-29(24,27)28/h2-3,6-10,13-14H,4-5,11-12H2,1H3,(H,22,25). The molecule has 1 N–H and O–H groups in total. The highest BCUT2D eigenvalue weighted by Crippen LogP contribution is 2.26. The molecule has 1 saturated heterocycles. The monoisotopic (exact) mass is 411 g/mol. The van der Waals surface area contributed by atoms with E-state index in [0.29, 0.717) is 40.7 Å². The highest BCUT2D eigenvalue weighted by Gasteiger charge is 2.26. The summed E-state index contributed by atoms with van der Waals surface area (Å²) in [4.78, 5) is 25.3. The maximum atomic E-state index is 12.9. The molecular weight excluding hydrogens is 390 g/mol. The zero-order chi connectivity index (χ0) is 20.6. The number of anilines is 2. The van der Waals surface area contributed by atoms with Crippen LogP contribution in [0.5, 0.6) is 0 Å². The van der Waals surface area contributed by atoms with Crippen LogP contribution in [0.3, 0.4) is 0 Å². The van der Waals surface area contributed by atoms with Gasteiger partial charge in [0.15, 0.2) is 0 Å². The molecule has 0 spiro atoms. The Labute approximate surface area is 168 Å². The summed E-state index contributed by atoms with van der Waals surface area (Å²) in [5, 5.41) is 3.87. The van der Waals surface area contributed by atoms with E-state index >= 15 is 0 Å². The van der Waals surface area contributed by atoms with Gasteiger partial charge in [-0.2, -0.15) is 0 Å². The number of pyridine rings is 1. The Bertz CT molecular complexity index is 1260. The first-order valence-electron chi connectivity index (χ1n) is 9.37. The van der Waals surface area contributed by atoms with E-state index in [1.807, 2.05) is 0 Å². The molecule has 0 bridgehead atoms. The van der Waals surface area contributed by atoms with Crippen molar-refractivity contribution in [2.24, 2.45) is 7.05 Å². The van der Waals surface area contributed by atoms with Gasteiger partial charge in [-0.25, -0.2) is 8.42 Å². The van der Waals surface area contributed by atoms with Crippen LogP contribution in [0.15, 0.2) is 59.5 Å². The Morgan fingerprint density at radius 1 is 1.03 bits per heavy atom. The maximum absolute atomic E-state index is 12.9. The fraction of sp³-hybridized carbons (Fsp3) is 0.238. The van der Waals surface area contributed by atoms with Crippen molar-refractivity contribution in [2.75, 3.05) is 21.9 Å². The van der Waals surface area contributed by atoms with Gasteiger partial charge in [-0.1, -0.05) is 24.3 Å². The van der Waals surface area contributed by atoms with Gasteiger partial charge in [-0.15, -0.1) is 0 Å². The van der Waals surface area contributed by atoms with Crippen LogP contribution in [0.2, 0.25) is 0 Å². The molecule has 29 heavy (non-hydrogen) atoms. The number of rotatable bonds is 3. The van der Waals surface area contributed by atoms with E-state index in [0.717, 1.165) is 6.42 Å². The summed E-state index contributed by atoms with van der Waals surface area (Å²) in [5.41, 5.74) is 1.23. The molecule has 0 saturated carbocycles. The summed E-state index contributed by atoms with van der Waals surface area (Å²) in [5.74, 6) is -0.233. The molecule has 0 radical (unpaired) electrons. The van der Waals surface area contributed by atoms with Gasteiger partial charge in [0.25, 0.3) is 11.5 Å². The quantitative estimate of drug-likeness (QED) is 0.718. The molecule has 1 amide bonds. The van der Waals surface area contributed by atoms with Gasteiger partial charge in [0.05, 0.1) is 17.0 Å². The summed E-state index contributed by atoms with van der Waals surface area (Å²) >= 11 is 0. The van der Waals surface area contributed by atoms with Crippen molar-refractivity contribution >= 4 is 38.1 Å². The first kappa shape index (κ1) is 19.2. The molecule has 1 aliphatic rings. The SMILES string of the molecule is Cn1cc(C(=O)Nc2cccc(N3CCCCS3(=O)=O)c2)c2ccccc2c1=O. The van der Waals surface area contributed by atoms with Crippen molar-refractivity contribution in [2.45, 2.75) is 12.8 Å². The molecule has 8 heteroatoms. The number of aryl methyl sites for hydroxylation is 1. The predicted octanol–water partition coefficient (Wildman–Crippen LogP) is 2.72. The lowest BCUT2D eigenvalue weighted by molar-refractivity contribution is 0.102. The smallest absolute Gasteiger partial charge is 0.258 e. The third-order valence-corrected chi connectivity index (χ3v) is 6.95. The minimum atomic E-state index is -3.33. The minimum absolute atomic E-state index is 0.133. The van der Waals surface area contributed by atoms with Gasteiger partial charge < -0.3 is 9.88 Å². The molecule has 4 rings (SSSR count). The fourth-order valence-electron chi connectivity index (χ4n) is 3.61. The summed E-state index contributed by atoms with van der Waals surface area (Å²) in [6, 6.07) is 13.8. The second-order valence-corrected chi connectivity index (χ2v) is 9.12. The van der Waals surface area contributed by atoms with E-state index in [2.05, 4.69) is 5.32 Å². The Morgan fingerprint density at radius 3 is 2.55 bits per heavy atom. The van der Waals surface area contributed by atoms with Gasteiger partial charge in [-0.05, 0) is 37.1 Å². The molecule has 2 heterocycles. The lowest BCUT2D eigenvalue weighted by Crippen LogP contribution is -2.37. The Hall–Kier alpha value is -3.13. The summed E-state index contributed by atoms with van der Waals surface area (Å²) in [7, 11) is -1.73. The molecule has 2 aromatic carbocycles. The van der Waals surface area contributed by atoms with Crippen molar-refractivity contribution in [3.05, 3.63) is 70.6 Å². The maximum Gasteiger partial charge on any atom is 0.258 e. The Morgan fingerprint density at radius 2 is 1.79 bits per heavy atom. The second-order valence-electron chi connectivity index (χ2n) is 7.10. The van der Waals surface area contributed by atoms with Crippen LogP contribution in [0.1, 0.15) is 23.2 Å². The third kappa shape index (κ3) is 3.63. The molecule has 1 fully saturated rings. The van der Waals surface area contributed by atoms with Crippen LogP contribution in [0, 0.1) is 0 Å². The summed E-state index contributed by atoms with van der Waals surface area (Å²) in [6.07, 6.45) is 2.98. The second kappa shape index (κ2) is 7.36. The molecular formula is C21H21N3O4S. The number of nitrogens with zero attached hydrogens (tertiary/aromatic N) is 2. The lowest BCUT2D eigenvalue weighted by atomic mass is 10.1. The summed E-state index contributed by atoms with van der Waals surface area (Å²) in [6.45, 7) is 0.436. The number of benzene rings is 2. The molecule has 0 unspecified atom stereocenters. The largest absolute Gasteiger partial charge is 0.322 e. The van der Waals surface area contributed by atoms with E-state index in [-0.39, 0.29) is 17.2 Å². The molecule has 3 aromatic rings. The Kier molecular flexibility index (Phi) is 4.87. The van der Waals surface area contributed by atoms with E-state index in [9.17, 15) is 18.0 Å². The Balaban J connectivity index is 1.68. The number of hydrogen-bond donors (Lipinski definition) is 1. The number of sulfonamides is 1. The van der Waals surface area contributed by atoms with E-state index in [4.69, 9.17) is 0 Å². The molecule has 0 aliphatic carbocycles. The minimum Gasteiger partial charge on any atom is -0.322 e. The summed E-state index contributed by atoms with van der Waals surface area (Å²) < 4.78 is 27.5. The fourth-order valence-corrected chi connectivity index (χ4v) is 5.24. The lowest BCUT2D eigenvalue weighted by Gasteiger charge is -2.28. The van der Waals surface area contributed by atoms with Crippen molar-refractivity contribution in [3.8, 4) is 0 Å². The molecule has 1 aromatic heterocycles. The third-order valence-electron chi connectivity index (χ3n) is 5.08. The number of carbonyl (C=O) groups is 1. The molecule has 0 atom stereocenters. The number of aromatic nitrogens is 1. The van der Waals surface area contributed by atoms with Gasteiger partial charge in [0.2, 0.25) is 10.0 Å². The predicted molar refractivity (Wildman–Crippen MR) is 114 cm³/mol. The molecule has 150 valence electrons. The van der Waals surface area contributed by atoms with Gasteiger partial charge in [0, 0.05) is 36.2 Å². The van der Waals surface area contributed by atoms with E-state index in [1.165, 1.54) is 15.1 Å². The van der Waals surface area contributed by atoms with Crippen molar-refractivity contribution in [1.29, 1.82) is 0 Å². The molecule has 1 aliphatic heterocycles. The average molecular weight is 411 g/mol.